The van der Waals surface area contributed by atoms with Crippen molar-refractivity contribution >= 4 is 17.3 Å². The van der Waals surface area contributed by atoms with Gasteiger partial charge in [-0.1, -0.05) is 23.7 Å². The molecule has 1 unspecified atom stereocenters. The molecule has 2 N–H and O–H groups in total. The van der Waals surface area contributed by atoms with Gasteiger partial charge in [-0.3, -0.25) is 0 Å². The molecule has 0 saturated heterocycles. The molecule has 0 fully saturated rings. The first kappa shape index (κ1) is 9.81. The van der Waals surface area contributed by atoms with Crippen LogP contribution in [-0.4, -0.2) is 18.3 Å². The van der Waals surface area contributed by atoms with Crippen molar-refractivity contribution in [2.24, 2.45) is 0 Å². The van der Waals surface area contributed by atoms with Crippen LogP contribution in [0.5, 0.6) is 0 Å². The number of halogens is 1. The number of anilines is 1. The van der Waals surface area contributed by atoms with E-state index in [1.54, 1.807) is 0 Å². The highest BCUT2D eigenvalue weighted by atomic mass is 35.5. The first-order chi connectivity index (χ1) is 6.83. The Labute approximate surface area is 88.9 Å². The first-order valence-corrected chi connectivity index (χ1v) is 5.34. The second kappa shape index (κ2) is 4.20. The minimum Gasteiger partial charge on any atom is -0.396 e. The zero-order chi connectivity index (χ0) is 9.97. The van der Waals surface area contributed by atoms with Gasteiger partial charge in [-0.25, -0.2) is 0 Å². The van der Waals surface area contributed by atoms with Crippen LogP contribution < -0.4 is 5.32 Å². The summed E-state index contributed by atoms with van der Waals surface area (Å²) in [6.07, 6.45) is 1.91. The standard InChI is InChI=1S/C11H14ClNO/c12-10-3-1-2-9-8(5-7-14)4-6-13-11(9)10/h1-3,8,13-14H,4-7H2. The molecule has 3 heteroatoms. The Morgan fingerprint density at radius 3 is 3.14 bits per heavy atom. The van der Waals surface area contributed by atoms with Gasteiger partial charge in [0.15, 0.2) is 0 Å². The topological polar surface area (TPSA) is 32.3 Å². The van der Waals surface area contributed by atoms with Gasteiger partial charge >= 0.3 is 0 Å². The van der Waals surface area contributed by atoms with Crippen LogP contribution in [0.3, 0.4) is 0 Å². The van der Waals surface area contributed by atoms with E-state index < -0.39 is 0 Å². The van der Waals surface area contributed by atoms with E-state index >= 15 is 0 Å². The molecule has 1 aromatic carbocycles. The van der Waals surface area contributed by atoms with Gasteiger partial charge in [-0.2, -0.15) is 0 Å². The fourth-order valence-electron chi connectivity index (χ4n) is 2.05. The van der Waals surface area contributed by atoms with Gasteiger partial charge in [0, 0.05) is 13.2 Å². The highest BCUT2D eigenvalue weighted by Gasteiger charge is 2.20. The molecule has 1 heterocycles. The second-order valence-electron chi connectivity index (χ2n) is 3.63. The summed E-state index contributed by atoms with van der Waals surface area (Å²) in [5, 5.41) is 13.0. The van der Waals surface area contributed by atoms with Crippen molar-refractivity contribution in [2.45, 2.75) is 18.8 Å². The lowest BCUT2D eigenvalue weighted by molar-refractivity contribution is 0.273. The highest BCUT2D eigenvalue weighted by molar-refractivity contribution is 6.33. The fraction of sp³-hybridized carbons (Fsp3) is 0.455. The number of rotatable bonds is 2. The molecule has 0 radical (unpaired) electrons. The third kappa shape index (κ3) is 1.72. The summed E-state index contributed by atoms with van der Waals surface area (Å²) in [7, 11) is 0. The summed E-state index contributed by atoms with van der Waals surface area (Å²) in [4.78, 5) is 0. The van der Waals surface area contributed by atoms with Crippen molar-refractivity contribution in [1.29, 1.82) is 0 Å². The Kier molecular flexibility index (Phi) is 2.94. The summed E-state index contributed by atoms with van der Waals surface area (Å²) < 4.78 is 0. The molecule has 2 nitrogen and oxygen atoms in total. The van der Waals surface area contributed by atoms with E-state index in [9.17, 15) is 0 Å². The second-order valence-corrected chi connectivity index (χ2v) is 4.04. The number of nitrogens with one attached hydrogen (secondary N) is 1. The Balaban J connectivity index is 2.34. The van der Waals surface area contributed by atoms with Crippen molar-refractivity contribution in [3.05, 3.63) is 28.8 Å². The molecule has 14 heavy (non-hydrogen) atoms. The average molecular weight is 212 g/mol. The average Bonchev–Trinajstić information content (AvgIpc) is 2.20. The summed E-state index contributed by atoms with van der Waals surface area (Å²) in [6.45, 7) is 1.19. The predicted molar refractivity (Wildman–Crippen MR) is 59.0 cm³/mol. The molecular weight excluding hydrogens is 198 g/mol. The van der Waals surface area contributed by atoms with Crippen LogP contribution in [0.1, 0.15) is 24.3 Å². The van der Waals surface area contributed by atoms with Crippen LogP contribution in [0, 0.1) is 0 Å². The summed E-state index contributed by atoms with van der Waals surface area (Å²) in [6, 6.07) is 5.96. The molecule has 1 atom stereocenters. The quantitative estimate of drug-likeness (QED) is 0.788. The maximum atomic E-state index is 8.96. The molecule has 0 spiro atoms. The monoisotopic (exact) mass is 211 g/mol. The lowest BCUT2D eigenvalue weighted by Gasteiger charge is -2.26. The molecule has 2 rings (SSSR count). The fourth-order valence-corrected chi connectivity index (χ4v) is 2.30. The van der Waals surface area contributed by atoms with Crippen LogP contribution >= 0.6 is 11.6 Å². The molecule has 0 amide bonds. The van der Waals surface area contributed by atoms with Crippen LogP contribution in [0.4, 0.5) is 5.69 Å². The van der Waals surface area contributed by atoms with Gasteiger partial charge in [0.2, 0.25) is 0 Å². The summed E-state index contributed by atoms with van der Waals surface area (Å²) in [5.74, 6) is 0.454. The van der Waals surface area contributed by atoms with Crippen molar-refractivity contribution < 1.29 is 5.11 Å². The van der Waals surface area contributed by atoms with Crippen LogP contribution in [-0.2, 0) is 0 Å². The smallest absolute Gasteiger partial charge is 0.0640 e. The molecule has 76 valence electrons. The zero-order valence-electron chi connectivity index (χ0n) is 7.96. The minimum absolute atomic E-state index is 0.247. The molecule has 1 aromatic rings. The van der Waals surface area contributed by atoms with Crippen LogP contribution in [0.2, 0.25) is 5.02 Å². The molecule has 1 aliphatic heterocycles. The van der Waals surface area contributed by atoms with Gasteiger partial charge in [0.25, 0.3) is 0 Å². The maximum absolute atomic E-state index is 8.96. The van der Waals surface area contributed by atoms with E-state index in [1.807, 2.05) is 12.1 Å². The molecule has 0 aliphatic carbocycles. The van der Waals surface area contributed by atoms with Gasteiger partial charge < -0.3 is 10.4 Å². The number of hydrogen-bond acceptors (Lipinski definition) is 2. The van der Waals surface area contributed by atoms with Crippen molar-refractivity contribution in [1.82, 2.24) is 0 Å². The highest BCUT2D eigenvalue weighted by Crippen LogP contribution is 2.37. The number of fused-ring (bicyclic) bond motifs is 1. The van der Waals surface area contributed by atoms with E-state index in [4.69, 9.17) is 16.7 Å². The third-order valence-corrected chi connectivity index (χ3v) is 3.07. The lowest BCUT2D eigenvalue weighted by Crippen LogP contribution is -2.17. The molecule has 0 aromatic heterocycles. The Morgan fingerprint density at radius 2 is 2.36 bits per heavy atom. The minimum atomic E-state index is 0.247. The Hall–Kier alpha value is -0.730. The van der Waals surface area contributed by atoms with Gasteiger partial charge in [-0.05, 0) is 30.4 Å². The van der Waals surface area contributed by atoms with E-state index in [-0.39, 0.29) is 6.61 Å². The normalized spacial score (nSPS) is 20.0. The van der Waals surface area contributed by atoms with E-state index in [1.165, 1.54) is 5.56 Å². The van der Waals surface area contributed by atoms with E-state index in [0.29, 0.717) is 5.92 Å². The Bertz CT molecular complexity index is 327. The SMILES string of the molecule is OCCC1CCNc2c(Cl)cccc21. The molecule has 1 aliphatic rings. The number of aliphatic hydroxyl groups excluding tert-OH is 1. The predicted octanol–water partition coefficient (Wildman–Crippen LogP) is 2.62. The third-order valence-electron chi connectivity index (χ3n) is 2.76. The Morgan fingerprint density at radius 1 is 1.50 bits per heavy atom. The van der Waals surface area contributed by atoms with Gasteiger partial charge in [0.1, 0.15) is 0 Å². The zero-order valence-corrected chi connectivity index (χ0v) is 8.72. The van der Waals surface area contributed by atoms with Crippen molar-refractivity contribution in [2.75, 3.05) is 18.5 Å². The molecule has 0 bridgehead atoms. The number of hydrogen-bond donors (Lipinski definition) is 2. The molecular formula is C11H14ClNO. The molecule has 0 saturated carbocycles. The number of aliphatic hydroxyl groups is 1. The number of benzene rings is 1. The lowest BCUT2D eigenvalue weighted by atomic mass is 9.89. The van der Waals surface area contributed by atoms with Gasteiger partial charge in [-0.15, -0.1) is 0 Å². The summed E-state index contributed by atoms with van der Waals surface area (Å²) in [5.41, 5.74) is 2.30. The number of para-hydroxylation sites is 1. The largest absolute Gasteiger partial charge is 0.396 e. The first-order valence-electron chi connectivity index (χ1n) is 4.96. The van der Waals surface area contributed by atoms with Gasteiger partial charge in [0.05, 0.1) is 10.7 Å². The van der Waals surface area contributed by atoms with E-state index in [2.05, 4.69) is 11.4 Å². The van der Waals surface area contributed by atoms with Crippen molar-refractivity contribution in [3.63, 3.8) is 0 Å². The summed E-state index contributed by atoms with van der Waals surface area (Å²) >= 11 is 6.08. The van der Waals surface area contributed by atoms with E-state index in [0.717, 1.165) is 30.1 Å². The van der Waals surface area contributed by atoms with Crippen LogP contribution in [0.25, 0.3) is 0 Å². The maximum Gasteiger partial charge on any atom is 0.0640 e. The van der Waals surface area contributed by atoms with Crippen molar-refractivity contribution in [3.8, 4) is 0 Å². The van der Waals surface area contributed by atoms with Crippen LogP contribution in [0.15, 0.2) is 18.2 Å².